The van der Waals surface area contributed by atoms with Gasteiger partial charge in [-0.25, -0.2) is 0 Å². The minimum absolute atomic E-state index is 0.0915. The molecule has 0 heterocycles. The van der Waals surface area contributed by atoms with E-state index < -0.39 is 29.7 Å². The third-order valence-corrected chi connectivity index (χ3v) is 8.71. The molecule has 3 rings (SSSR count). The van der Waals surface area contributed by atoms with Crippen molar-refractivity contribution in [2.45, 2.75) is 91.0 Å². The lowest BCUT2D eigenvalue weighted by molar-refractivity contribution is -0.158. The van der Waals surface area contributed by atoms with Crippen molar-refractivity contribution in [3.8, 4) is 0 Å². The number of aliphatic hydroxyl groups is 3. The van der Waals surface area contributed by atoms with Crippen LogP contribution < -0.4 is 0 Å². The topological polar surface area (TPSA) is 87.0 Å². The fourth-order valence-corrected chi connectivity index (χ4v) is 6.32. The third-order valence-electron chi connectivity index (χ3n) is 8.71. The quantitative estimate of drug-likeness (QED) is 0.342. The molecule has 6 atom stereocenters. The molecule has 0 aromatic rings. The Morgan fingerprint density at radius 2 is 2.00 bits per heavy atom. The highest BCUT2D eigenvalue weighted by molar-refractivity contribution is 5.77. The van der Waals surface area contributed by atoms with E-state index in [2.05, 4.69) is 32.2 Å². The van der Waals surface area contributed by atoms with Crippen LogP contribution >= 0.6 is 0 Å². The Bertz CT molecular complexity index is 923. The molecular formula is C30H44O5. The molecule has 0 aliphatic heterocycles. The summed E-state index contributed by atoms with van der Waals surface area (Å²) in [6, 6.07) is 0. The first-order valence-electron chi connectivity index (χ1n) is 13.1. The van der Waals surface area contributed by atoms with Gasteiger partial charge < -0.3 is 20.1 Å². The largest absolute Gasteiger partial charge is 0.465 e. The van der Waals surface area contributed by atoms with Gasteiger partial charge in [-0.1, -0.05) is 55.5 Å². The molecule has 0 radical (unpaired) electrons. The molecule has 3 N–H and O–H groups in total. The van der Waals surface area contributed by atoms with Gasteiger partial charge in [-0.15, -0.1) is 0 Å². The number of fused-ring (bicyclic) bond motifs is 1. The highest BCUT2D eigenvalue weighted by atomic mass is 16.5. The average molecular weight is 485 g/mol. The van der Waals surface area contributed by atoms with Crippen molar-refractivity contribution in [3.63, 3.8) is 0 Å². The van der Waals surface area contributed by atoms with Crippen LogP contribution in [0.25, 0.3) is 0 Å². The molecule has 0 aromatic heterocycles. The molecule has 0 spiro atoms. The Kier molecular flexibility index (Phi) is 8.67. The van der Waals surface area contributed by atoms with E-state index in [-0.39, 0.29) is 12.0 Å². The minimum Gasteiger partial charge on any atom is -0.465 e. The lowest BCUT2D eigenvalue weighted by Gasteiger charge is -2.42. The van der Waals surface area contributed by atoms with Crippen molar-refractivity contribution in [1.82, 2.24) is 0 Å². The third kappa shape index (κ3) is 5.73. The second-order valence-electron chi connectivity index (χ2n) is 11.4. The van der Waals surface area contributed by atoms with Crippen LogP contribution in [0.3, 0.4) is 0 Å². The molecule has 0 bridgehead atoms. The second-order valence-corrected chi connectivity index (χ2v) is 11.4. The molecule has 3 fully saturated rings. The van der Waals surface area contributed by atoms with Crippen LogP contribution in [0.2, 0.25) is 0 Å². The zero-order valence-corrected chi connectivity index (χ0v) is 21.9. The maximum atomic E-state index is 12.2. The Balaban J connectivity index is 1.74. The lowest BCUT2D eigenvalue weighted by atomic mass is 9.62. The molecule has 3 aliphatic rings. The number of rotatable bonds is 7. The number of aliphatic hydroxyl groups excluding tert-OH is 3. The molecule has 0 amide bonds. The van der Waals surface area contributed by atoms with Crippen molar-refractivity contribution >= 4 is 5.97 Å². The summed E-state index contributed by atoms with van der Waals surface area (Å²) in [6.07, 6.45) is 12.0. The maximum absolute atomic E-state index is 12.2. The molecule has 0 saturated heterocycles. The maximum Gasteiger partial charge on any atom is 0.314 e. The van der Waals surface area contributed by atoms with E-state index in [4.69, 9.17) is 4.74 Å². The summed E-state index contributed by atoms with van der Waals surface area (Å²) in [7, 11) is 0. The smallest absolute Gasteiger partial charge is 0.314 e. The van der Waals surface area contributed by atoms with Crippen LogP contribution in [0.1, 0.15) is 72.6 Å². The monoisotopic (exact) mass is 484 g/mol. The summed E-state index contributed by atoms with van der Waals surface area (Å²) in [5, 5.41) is 30.9. The van der Waals surface area contributed by atoms with E-state index in [1.165, 1.54) is 5.57 Å². The van der Waals surface area contributed by atoms with Crippen molar-refractivity contribution in [3.05, 3.63) is 59.8 Å². The van der Waals surface area contributed by atoms with Gasteiger partial charge in [-0.05, 0) is 87.7 Å². The average Bonchev–Trinajstić information content (AvgIpc) is 3.16. The zero-order valence-electron chi connectivity index (χ0n) is 21.9. The van der Waals surface area contributed by atoms with E-state index in [1.54, 1.807) is 26.8 Å². The SMILES string of the molecule is C=C(/C=C/[C@@H](O)C(C)(C)C(=O)OCC)[C@H]1CC[C@H]2/C(=C/C=C3/C[C@@H](O)C[C@H](O)C3=C)CCC[C@]12C. The van der Waals surface area contributed by atoms with Crippen molar-refractivity contribution in [2.75, 3.05) is 6.61 Å². The van der Waals surface area contributed by atoms with Gasteiger partial charge >= 0.3 is 5.97 Å². The summed E-state index contributed by atoms with van der Waals surface area (Å²) < 4.78 is 5.12. The van der Waals surface area contributed by atoms with Crippen LogP contribution in [0.15, 0.2) is 59.8 Å². The highest BCUT2D eigenvalue weighted by Crippen LogP contribution is 2.59. The number of hydrogen-bond donors (Lipinski definition) is 3. The van der Waals surface area contributed by atoms with Crippen LogP contribution in [-0.2, 0) is 9.53 Å². The standard InChI is InChI=1S/C30H44O5/c1-7-35-28(34)29(4,5)27(33)15-10-19(2)24-13-14-25-21(9-8-16-30(24,25)6)11-12-22-17-23(31)18-26(32)20(22)3/h10-12,15,23-27,31-33H,2-3,7-9,13-14,16-18H2,1,4-6H3/b15-10+,21-11+,22-12-/t23-,24-,25+,26+,27-,30-/m1/s1. The Hall–Kier alpha value is -1.95. The van der Waals surface area contributed by atoms with Crippen LogP contribution in [0.5, 0.6) is 0 Å². The van der Waals surface area contributed by atoms with Crippen molar-refractivity contribution < 1.29 is 24.9 Å². The van der Waals surface area contributed by atoms with Gasteiger partial charge in [0.05, 0.1) is 30.3 Å². The minimum atomic E-state index is -1.02. The van der Waals surface area contributed by atoms with Crippen molar-refractivity contribution in [2.24, 2.45) is 22.7 Å². The Morgan fingerprint density at radius 1 is 1.29 bits per heavy atom. The van der Waals surface area contributed by atoms with E-state index in [0.717, 1.165) is 48.8 Å². The number of allylic oxidation sites excluding steroid dienone is 5. The molecule has 0 aromatic carbocycles. The normalized spacial score (nSPS) is 34.9. The van der Waals surface area contributed by atoms with E-state index >= 15 is 0 Å². The van der Waals surface area contributed by atoms with Gasteiger partial charge in [-0.2, -0.15) is 0 Å². The van der Waals surface area contributed by atoms with Gasteiger partial charge in [0.2, 0.25) is 0 Å². The molecular weight excluding hydrogens is 440 g/mol. The summed E-state index contributed by atoms with van der Waals surface area (Å²) in [6.45, 7) is 16.2. The Labute approximate surface area is 211 Å². The predicted octanol–water partition coefficient (Wildman–Crippen LogP) is 5.19. The number of carbonyl (C=O) groups is 1. The van der Waals surface area contributed by atoms with Crippen LogP contribution in [0.4, 0.5) is 0 Å². The first-order valence-corrected chi connectivity index (χ1v) is 13.1. The molecule has 0 unspecified atom stereocenters. The number of hydrogen-bond acceptors (Lipinski definition) is 5. The molecule has 35 heavy (non-hydrogen) atoms. The van der Waals surface area contributed by atoms with Gasteiger partial charge in [-0.3, -0.25) is 4.79 Å². The number of ether oxygens (including phenoxy) is 1. The zero-order chi connectivity index (χ0) is 26.0. The van der Waals surface area contributed by atoms with Gasteiger partial charge in [0, 0.05) is 6.42 Å². The Morgan fingerprint density at radius 3 is 2.69 bits per heavy atom. The first-order chi connectivity index (χ1) is 16.4. The van der Waals surface area contributed by atoms with Gasteiger partial charge in [0.25, 0.3) is 0 Å². The fraction of sp³-hybridized carbons (Fsp3) is 0.633. The molecule has 5 heteroatoms. The van der Waals surface area contributed by atoms with Crippen LogP contribution in [0, 0.1) is 22.7 Å². The predicted molar refractivity (Wildman–Crippen MR) is 139 cm³/mol. The summed E-state index contributed by atoms with van der Waals surface area (Å²) in [5.74, 6) is 0.356. The van der Waals surface area contributed by atoms with E-state index in [0.29, 0.717) is 24.7 Å². The molecule has 5 nitrogen and oxygen atoms in total. The first kappa shape index (κ1) is 27.6. The molecule has 3 aliphatic carbocycles. The van der Waals surface area contributed by atoms with E-state index in [1.807, 2.05) is 6.08 Å². The summed E-state index contributed by atoms with van der Waals surface area (Å²) >= 11 is 0. The van der Waals surface area contributed by atoms with Crippen molar-refractivity contribution in [1.29, 1.82) is 0 Å². The summed E-state index contributed by atoms with van der Waals surface area (Å²) in [4.78, 5) is 12.2. The van der Waals surface area contributed by atoms with Crippen LogP contribution in [-0.4, -0.2) is 46.2 Å². The summed E-state index contributed by atoms with van der Waals surface area (Å²) in [5.41, 5.74) is 3.16. The molecule has 194 valence electrons. The number of esters is 1. The fourth-order valence-electron chi connectivity index (χ4n) is 6.32. The van der Waals surface area contributed by atoms with Gasteiger partial charge in [0.1, 0.15) is 0 Å². The highest BCUT2D eigenvalue weighted by Gasteiger charge is 2.49. The lowest BCUT2D eigenvalue weighted by Crippen LogP contribution is -2.37. The van der Waals surface area contributed by atoms with E-state index in [9.17, 15) is 20.1 Å². The molecule has 3 saturated carbocycles. The van der Waals surface area contributed by atoms with Gasteiger partial charge in [0.15, 0.2) is 0 Å². The second kappa shape index (κ2) is 11.0. The number of carbonyl (C=O) groups excluding carboxylic acids is 1.